The van der Waals surface area contributed by atoms with Crippen LogP contribution in [0.25, 0.3) is 11.4 Å². The zero-order valence-electron chi connectivity index (χ0n) is 18.3. The number of aromatic nitrogens is 3. The number of pyridine rings is 1. The molecule has 3 heterocycles. The number of benzene rings is 1. The van der Waals surface area contributed by atoms with Crippen LogP contribution in [0, 0.1) is 6.92 Å². The zero-order chi connectivity index (χ0) is 23.6. The van der Waals surface area contributed by atoms with Crippen LogP contribution in [0.4, 0.5) is 19.0 Å². The van der Waals surface area contributed by atoms with Gasteiger partial charge < -0.3 is 9.64 Å². The summed E-state index contributed by atoms with van der Waals surface area (Å²) in [5, 5.41) is 0. The third-order valence-electron chi connectivity index (χ3n) is 5.77. The average Bonchev–Trinajstić information content (AvgIpc) is 2.83. The Bertz CT molecular complexity index is 1120. The molecular formula is C24H23F3N4O2. The zero-order valence-corrected chi connectivity index (χ0v) is 18.3. The van der Waals surface area contributed by atoms with Gasteiger partial charge in [-0.2, -0.15) is 13.2 Å². The minimum absolute atomic E-state index is 0.352. The molecule has 33 heavy (non-hydrogen) atoms. The number of carbonyl (C=O) groups excluding carboxylic acids is 1. The number of hydrogen-bond acceptors (Lipinski definition) is 6. The minimum Gasteiger partial charge on any atom is -0.465 e. The van der Waals surface area contributed by atoms with Gasteiger partial charge in [0, 0.05) is 36.6 Å². The highest BCUT2D eigenvalue weighted by Gasteiger charge is 2.32. The van der Waals surface area contributed by atoms with E-state index >= 15 is 0 Å². The number of methoxy groups -OCH3 is 1. The molecule has 3 aromatic rings. The number of piperidine rings is 1. The number of ether oxygens (including phenoxy) is 1. The molecule has 0 spiro atoms. The standard InChI is InChI=1S/C24H23F3N4O2/c1-15-13-21(30-22(29-15)19-7-8-20(28-14-19)24(25,26)27)31-11-9-17(10-12-31)16-3-5-18(6-4-16)23(32)33-2/h3-8,13-14,17H,9-12H2,1-2H3. The predicted molar refractivity (Wildman–Crippen MR) is 117 cm³/mol. The van der Waals surface area contributed by atoms with Crippen LogP contribution in [-0.4, -0.2) is 41.1 Å². The van der Waals surface area contributed by atoms with Crippen molar-refractivity contribution < 1.29 is 22.7 Å². The molecule has 2 aromatic heterocycles. The fraction of sp³-hybridized carbons (Fsp3) is 0.333. The molecular weight excluding hydrogens is 433 g/mol. The molecule has 0 N–H and O–H groups in total. The van der Waals surface area contributed by atoms with Gasteiger partial charge in [0.25, 0.3) is 0 Å². The van der Waals surface area contributed by atoms with E-state index in [0.717, 1.165) is 49.7 Å². The second kappa shape index (κ2) is 9.17. The highest BCUT2D eigenvalue weighted by atomic mass is 19.4. The van der Waals surface area contributed by atoms with Crippen LogP contribution in [0.1, 0.15) is 46.1 Å². The summed E-state index contributed by atoms with van der Waals surface area (Å²) in [6, 6.07) is 11.7. The summed E-state index contributed by atoms with van der Waals surface area (Å²) in [6.45, 7) is 3.40. The molecule has 1 aliphatic rings. The summed E-state index contributed by atoms with van der Waals surface area (Å²) in [7, 11) is 1.36. The van der Waals surface area contributed by atoms with E-state index in [1.54, 1.807) is 12.1 Å². The fourth-order valence-electron chi connectivity index (χ4n) is 3.99. The van der Waals surface area contributed by atoms with Gasteiger partial charge in [-0.25, -0.2) is 14.8 Å². The van der Waals surface area contributed by atoms with Gasteiger partial charge in [0.05, 0.1) is 12.7 Å². The third kappa shape index (κ3) is 5.13. The summed E-state index contributed by atoms with van der Waals surface area (Å²) in [4.78, 5) is 26.3. The average molecular weight is 456 g/mol. The van der Waals surface area contributed by atoms with Gasteiger partial charge in [-0.15, -0.1) is 0 Å². The van der Waals surface area contributed by atoms with Crippen molar-refractivity contribution in [2.24, 2.45) is 0 Å². The molecule has 4 rings (SSSR count). The van der Waals surface area contributed by atoms with Crippen molar-refractivity contribution in [2.75, 3.05) is 25.1 Å². The van der Waals surface area contributed by atoms with Crippen molar-refractivity contribution in [3.8, 4) is 11.4 Å². The second-order valence-electron chi connectivity index (χ2n) is 8.00. The highest BCUT2D eigenvalue weighted by Crippen LogP contribution is 2.32. The van der Waals surface area contributed by atoms with Crippen molar-refractivity contribution in [1.82, 2.24) is 15.0 Å². The lowest BCUT2D eigenvalue weighted by atomic mass is 9.89. The van der Waals surface area contributed by atoms with E-state index in [-0.39, 0.29) is 5.97 Å². The number of hydrogen-bond donors (Lipinski definition) is 0. The van der Waals surface area contributed by atoms with E-state index in [1.165, 1.54) is 18.7 Å². The van der Waals surface area contributed by atoms with E-state index in [1.807, 2.05) is 25.1 Å². The second-order valence-corrected chi connectivity index (χ2v) is 8.00. The summed E-state index contributed by atoms with van der Waals surface area (Å²) < 4.78 is 43.1. The maximum atomic E-state index is 12.8. The Labute approximate surface area is 189 Å². The van der Waals surface area contributed by atoms with Crippen LogP contribution >= 0.6 is 0 Å². The predicted octanol–water partition coefficient (Wildman–Crippen LogP) is 5.04. The number of halogens is 3. The Kier molecular flexibility index (Phi) is 6.31. The van der Waals surface area contributed by atoms with Gasteiger partial charge in [0.1, 0.15) is 11.5 Å². The van der Waals surface area contributed by atoms with Crippen LogP contribution in [0.2, 0.25) is 0 Å². The first-order valence-corrected chi connectivity index (χ1v) is 10.6. The van der Waals surface area contributed by atoms with Crippen molar-refractivity contribution >= 4 is 11.8 Å². The summed E-state index contributed by atoms with van der Waals surface area (Å²) in [5.41, 5.74) is 1.93. The molecule has 1 saturated heterocycles. The highest BCUT2D eigenvalue weighted by molar-refractivity contribution is 5.89. The molecule has 0 radical (unpaired) electrons. The maximum Gasteiger partial charge on any atom is 0.433 e. The SMILES string of the molecule is COC(=O)c1ccc(C2CCN(c3cc(C)nc(-c4ccc(C(F)(F)F)nc4)n3)CC2)cc1. The van der Waals surface area contributed by atoms with Gasteiger partial charge in [-0.1, -0.05) is 12.1 Å². The van der Waals surface area contributed by atoms with E-state index in [0.29, 0.717) is 22.9 Å². The van der Waals surface area contributed by atoms with Gasteiger partial charge in [-0.05, 0) is 55.5 Å². The van der Waals surface area contributed by atoms with Crippen LogP contribution in [-0.2, 0) is 10.9 Å². The van der Waals surface area contributed by atoms with Gasteiger partial charge in [-0.3, -0.25) is 4.98 Å². The Hall–Kier alpha value is -3.49. The molecule has 0 bridgehead atoms. The fourth-order valence-corrected chi connectivity index (χ4v) is 3.99. The molecule has 0 amide bonds. The monoisotopic (exact) mass is 456 g/mol. The number of esters is 1. The Morgan fingerprint density at radius 1 is 1.06 bits per heavy atom. The number of aryl methyl sites for hydroxylation is 1. The van der Waals surface area contributed by atoms with Crippen molar-refractivity contribution in [2.45, 2.75) is 31.9 Å². The summed E-state index contributed by atoms with van der Waals surface area (Å²) in [6.07, 6.45) is -1.50. The molecule has 1 aromatic carbocycles. The first-order valence-electron chi connectivity index (χ1n) is 10.6. The van der Waals surface area contributed by atoms with Gasteiger partial charge in [0.15, 0.2) is 5.82 Å². The topological polar surface area (TPSA) is 68.2 Å². The van der Waals surface area contributed by atoms with Crippen molar-refractivity contribution in [3.05, 3.63) is 71.2 Å². The van der Waals surface area contributed by atoms with E-state index < -0.39 is 11.9 Å². The molecule has 6 nitrogen and oxygen atoms in total. The molecule has 1 fully saturated rings. The number of alkyl halides is 3. The van der Waals surface area contributed by atoms with E-state index in [9.17, 15) is 18.0 Å². The van der Waals surface area contributed by atoms with Crippen LogP contribution in [0.3, 0.4) is 0 Å². The lowest BCUT2D eigenvalue weighted by molar-refractivity contribution is -0.141. The number of rotatable bonds is 4. The normalized spacial score (nSPS) is 14.9. The van der Waals surface area contributed by atoms with Crippen molar-refractivity contribution in [3.63, 3.8) is 0 Å². The Morgan fingerprint density at radius 3 is 2.33 bits per heavy atom. The smallest absolute Gasteiger partial charge is 0.433 e. The van der Waals surface area contributed by atoms with Gasteiger partial charge >= 0.3 is 12.1 Å². The lowest BCUT2D eigenvalue weighted by Gasteiger charge is -2.33. The summed E-state index contributed by atoms with van der Waals surface area (Å²) in [5.74, 6) is 1.12. The maximum absolute atomic E-state index is 12.8. The van der Waals surface area contributed by atoms with Crippen LogP contribution < -0.4 is 4.90 Å². The molecule has 1 aliphatic heterocycles. The molecule has 0 atom stereocenters. The lowest BCUT2D eigenvalue weighted by Crippen LogP contribution is -2.33. The van der Waals surface area contributed by atoms with E-state index in [4.69, 9.17) is 4.74 Å². The largest absolute Gasteiger partial charge is 0.465 e. The van der Waals surface area contributed by atoms with E-state index in [2.05, 4.69) is 19.9 Å². The molecule has 0 unspecified atom stereocenters. The van der Waals surface area contributed by atoms with Crippen molar-refractivity contribution in [1.29, 1.82) is 0 Å². The first kappa shape index (κ1) is 22.7. The molecule has 0 aliphatic carbocycles. The quantitative estimate of drug-likeness (QED) is 0.513. The number of nitrogens with zero attached hydrogens (tertiary/aromatic N) is 4. The van der Waals surface area contributed by atoms with Crippen LogP contribution in [0.15, 0.2) is 48.7 Å². The summed E-state index contributed by atoms with van der Waals surface area (Å²) >= 11 is 0. The molecule has 9 heteroatoms. The third-order valence-corrected chi connectivity index (χ3v) is 5.77. The Morgan fingerprint density at radius 2 is 1.76 bits per heavy atom. The number of anilines is 1. The molecule has 172 valence electrons. The Balaban J connectivity index is 1.46. The molecule has 0 saturated carbocycles. The van der Waals surface area contributed by atoms with Gasteiger partial charge in [0.2, 0.25) is 0 Å². The minimum atomic E-state index is -4.48. The first-order chi connectivity index (χ1) is 15.7. The van der Waals surface area contributed by atoms with Crippen LogP contribution in [0.5, 0.6) is 0 Å². The number of carbonyl (C=O) groups is 1.